The van der Waals surface area contributed by atoms with Gasteiger partial charge in [-0.05, 0) is 56.2 Å². The highest BCUT2D eigenvalue weighted by atomic mass is 35.5. The van der Waals surface area contributed by atoms with Crippen LogP contribution in [0.1, 0.15) is 25.3 Å². The maximum absolute atomic E-state index is 12.5. The van der Waals surface area contributed by atoms with Crippen LogP contribution in [0, 0.1) is 6.92 Å². The van der Waals surface area contributed by atoms with Gasteiger partial charge in [0, 0.05) is 24.3 Å². The van der Waals surface area contributed by atoms with E-state index in [9.17, 15) is 9.59 Å². The van der Waals surface area contributed by atoms with Gasteiger partial charge in [0.1, 0.15) is 6.04 Å². The maximum atomic E-state index is 12.5. The lowest BCUT2D eigenvalue weighted by molar-refractivity contribution is -0.117. The van der Waals surface area contributed by atoms with Gasteiger partial charge in [-0.25, -0.2) is 0 Å². The van der Waals surface area contributed by atoms with Crippen LogP contribution in [0.2, 0.25) is 10.0 Å². The number of amides is 2. The molecule has 1 atom stereocenters. The molecule has 2 aromatic rings. The van der Waals surface area contributed by atoms with E-state index in [1.807, 2.05) is 30.0 Å². The van der Waals surface area contributed by atoms with Crippen molar-refractivity contribution in [3.63, 3.8) is 0 Å². The summed E-state index contributed by atoms with van der Waals surface area (Å²) in [5.41, 5.74) is 3.19. The third kappa shape index (κ3) is 4.37. The number of benzene rings is 2. The average Bonchev–Trinajstić information content (AvgIpc) is 3.05. The van der Waals surface area contributed by atoms with Crippen LogP contribution < -0.4 is 15.5 Å². The molecule has 1 heterocycles. The van der Waals surface area contributed by atoms with Crippen molar-refractivity contribution in [2.45, 2.75) is 32.7 Å². The number of carbonyl (C=O) groups is 2. The van der Waals surface area contributed by atoms with E-state index in [1.165, 1.54) is 0 Å². The lowest BCUT2D eigenvalue weighted by Gasteiger charge is -2.21. The number of halogens is 2. The summed E-state index contributed by atoms with van der Waals surface area (Å²) >= 11 is 12.1. The minimum absolute atomic E-state index is 0.157. The lowest BCUT2D eigenvalue weighted by atomic mass is 10.1. The van der Waals surface area contributed by atoms with E-state index in [4.69, 9.17) is 23.2 Å². The Balaban J connectivity index is 1.67. The second-order valence-electron chi connectivity index (χ2n) is 6.61. The number of hydrogen-bond acceptors (Lipinski definition) is 3. The zero-order valence-corrected chi connectivity index (χ0v) is 16.7. The summed E-state index contributed by atoms with van der Waals surface area (Å²) in [7, 11) is 0. The van der Waals surface area contributed by atoms with Gasteiger partial charge in [0.2, 0.25) is 11.8 Å². The molecule has 2 aromatic carbocycles. The van der Waals surface area contributed by atoms with Crippen molar-refractivity contribution < 1.29 is 9.59 Å². The van der Waals surface area contributed by atoms with E-state index in [-0.39, 0.29) is 11.8 Å². The summed E-state index contributed by atoms with van der Waals surface area (Å²) in [5, 5.41) is 6.65. The summed E-state index contributed by atoms with van der Waals surface area (Å²) in [5.74, 6) is -0.0689. The van der Waals surface area contributed by atoms with Gasteiger partial charge in [-0.1, -0.05) is 29.3 Å². The fourth-order valence-electron chi connectivity index (χ4n) is 3.11. The van der Waals surface area contributed by atoms with Gasteiger partial charge in [0.15, 0.2) is 0 Å². The summed E-state index contributed by atoms with van der Waals surface area (Å²) in [6.45, 7) is 4.48. The van der Waals surface area contributed by atoms with Crippen molar-refractivity contribution in [1.29, 1.82) is 0 Å². The van der Waals surface area contributed by atoms with Crippen LogP contribution in [0.4, 0.5) is 17.1 Å². The van der Waals surface area contributed by atoms with Crippen molar-refractivity contribution in [2.24, 2.45) is 0 Å². The molecule has 0 radical (unpaired) electrons. The number of nitrogens with one attached hydrogen (secondary N) is 2. The van der Waals surface area contributed by atoms with E-state index in [1.54, 1.807) is 25.1 Å². The third-order valence-corrected chi connectivity index (χ3v) is 5.37. The Morgan fingerprint density at radius 1 is 1.22 bits per heavy atom. The molecule has 2 N–H and O–H groups in total. The fraction of sp³-hybridized carbons (Fsp3) is 0.300. The molecule has 0 spiro atoms. The molecule has 0 bridgehead atoms. The number of carbonyl (C=O) groups excluding carboxylic acids is 2. The average molecular weight is 406 g/mol. The minimum Gasteiger partial charge on any atom is -0.374 e. The summed E-state index contributed by atoms with van der Waals surface area (Å²) in [6.07, 6.45) is 1.49. The molecule has 1 fully saturated rings. The molecule has 3 rings (SSSR count). The predicted octanol–water partition coefficient (Wildman–Crippen LogP) is 4.87. The number of rotatable bonds is 5. The van der Waals surface area contributed by atoms with Gasteiger partial charge >= 0.3 is 0 Å². The summed E-state index contributed by atoms with van der Waals surface area (Å²) in [4.78, 5) is 26.2. The van der Waals surface area contributed by atoms with Crippen molar-refractivity contribution >= 4 is 52.1 Å². The predicted molar refractivity (Wildman–Crippen MR) is 111 cm³/mol. The minimum atomic E-state index is -0.487. The van der Waals surface area contributed by atoms with Crippen LogP contribution in [-0.4, -0.2) is 24.4 Å². The van der Waals surface area contributed by atoms with Gasteiger partial charge < -0.3 is 15.5 Å². The standard InChI is InChI=1S/C20H21Cl2N3O2/c1-12-11-14(8-9-17(12)25-10-4-7-18(25)26)23-13(2)20(27)24-16-6-3-5-15(21)19(16)22/h3,5-6,8-9,11,13,23H,4,7,10H2,1-2H3,(H,24,27)/t13-/m0/s1. The normalized spacial score (nSPS) is 15.0. The van der Waals surface area contributed by atoms with Gasteiger partial charge in [-0.15, -0.1) is 0 Å². The molecule has 27 heavy (non-hydrogen) atoms. The van der Waals surface area contributed by atoms with Crippen molar-refractivity contribution in [1.82, 2.24) is 0 Å². The molecule has 1 aliphatic rings. The number of nitrogens with zero attached hydrogens (tertiary/aromatic N) is 1. The molecule has 0 unspecified atom stereocenters. The molecule has 5 nitrogen and oxygen atoms in total. The first-order chi connectivity index (χ1) is 12.9. The van der Waals surface area contributed by atoms with Gasteiger partial charge in [-0.2, -0.15) is 0 Å². The van der Waals surface area contributed by atoms with Crippen molar-refractivity contribution in [3.8, 4) is 0 Å². The number of aryl methyl sites for hydroxylation is 1. The Bertz CT molecular complexity index is 886. The monoisotopic (exact) mass is 405 g/mol. The van der Waals surface area contributed by atoms with Crippen molar-refractivity contribution in [2.75, 3.05) is 22.1 Å². The van der Waals surface area contributed by atoms with E-state index < -0.39 is 6.04 Å². The van der Waals surface area contributed by atoms with E-state index in [2.05, 4.69) is 10.6 Å². The smallest absolute Gasteiger partial charge is 0.246 e. The highest BCUT2D eigenvalue weighted by Crippen LogP contribution is 2.30. The molecule has 1 aliphatic heterocycles. The fourth-order valence-corrected chi connectivity index (χ4v) is 3.46. The Hall–Kier alpha value is -2.24. The van der Waals surface area contributed by atoms with Crippen molar-refractivity contribution in [3.05, 3.63) is 52.0 Å². The molecule has 1 saturated heterocycles. The van der Waals surface area contributed by atoms with Gasteiger partial charge in [-0.3, -0.25) is 9.59 Å². The molecule has 7 heteroatoms. The zero-order chi connectivity index (χ0) is 19.6. The topological polar surface area (TPSA) is 61.4 Å². The van der Waals surface area contributed by atoms with Crippen LogP contribution in [0.25, 0.3) is 0 Å². The van der Waals surface area contributed by atoms with Gasteiger partial charge in [0.25, 0.3) is 0 Å². The lowest BCUT2D eigenvalue weighted by Crippen LogP contribution is -2.32. The van der Waals surface area contributed by atoms with Gasteiger partial charge in [0.05, 0.1) is 15.7 Å². The summed E-state index contributed by atoms with van der Waals surface area (Å²) < 4.78 is 0. The molecule has 0 saturated carbocycles. The highest BCUT2D eigenvalue weighted by molar-refractivity contribution is 6.44. The first-order valence-corrected chi connectivity index (χ1v) is 9.55. The van der Waals surface area contributed by atoms with E-state index >= 15 is 0 Å². The molecule has 0 aromatic heterocycles. The van der Waals surface area contributed by atoms with Crippen LogP contribution in [0.5, 0.6) is 0 Å². The van der Waals surface area contributed by atoms with Crippen LogP contribution in [0.3, 0.4) is 0 Å². The second-order valence-corrected chi connectivity index (χ2v) is 7.39. The molecule has 0 aliphatic carbocycles. The Labute approximate surface area is 168 Å². The molecule has 2 amide bonds. The highest BCUT2D eigenvalue weighted by Gasteiger charge is 2.23. The van der Waals surface area contributed by atoms with E-state index in [0.717, 1.165) is 29.9 Å². The van der Waals surface area contributed by atoms with E-state index in [0.29, 0.717) is 22.2 Å². The SMILES string of the molecule is Cc1cc(N[C@@H](C)C(=O)Nc2cccc(Cl)c2Cl)ccc1N1CCCC1=O. The van der Waals surface area contributed by atoms with Crippen LogP contribution >= 0.6 is 23.2 Å². The second kappa shape index (κ2) is 8.19. The summed E-state index contributed by atoms with van der Waals surface area (Å²) in [6, 6.07) is 10.3. The quantitative estimate of drug-likeness (QED) is 0.745. The maximum Gasteiger partial charge on any atom is 0.246 e. The number of hydrogen-bond donors (Lipinski definition) is 2. The first kappa shape index (κ1) is 19.5. The molecular formula is C20H21Cl2N3O2. The Morgan fingerprint density at radius 2 is 2.00 bits per heavy atom. The van der Waals surface area contributed by atoms with Crippen LogP contribution in [0.15, 0.2) is 36.4 Å². The zero-order valence-electron chi connectivity index (χ0n) is 15.2. The van der Waals surface area contributed by atoms with Crippen LogP contribution in [-0.2, 0) is 9.59 Å². The first-order valence-electron chi connectivity index (χ1n) is 8.79. The third-order valence-electron chi connectivity index (χ3n) is 4.55. The Kier molecular flexibility index (Phi) is 5.92. The largest absolute Gasteiger partial charge is 0.374 e. The Morgan fingerprint density at radius 3 is 2.67 bits per heavy atom. The molecule has 142 valence electrons. The molecular weight excluding hydrogens is 385 g/mol. The number of anilines is 3.